The number of nitrogens with one attached hydrogen (secondary N) is 2. The van der Waals surface area contributed by atoms with E-state index in [0.29, 0.717) is 17.8 Å². The standard InChI is InChI=1S/C15H19N7/c1-4-16-15-17-6-5-13(21-15)20-14-7-12-11(8-18-14)19-9-22(12)10(2)3/h5-10H,4H2,1-3H3,(H2,16,17,18,20,21). The van der Waals surface area contributed by atoms with Gasteiger partial charge in [-0.3, -0.25) is 0 Å². The lowest BCUT2D eigenvalue weighted by atomic mass is 10.3. The average molecular weight is 297 g/mol. The Morgan fingerprint density at radius 1 is 1.18 bits per heavy atom. The monoisotopic (exact) mass is 297 g/mol. The number of pyridine rings is 1. The smallest absolute Gasteiger partial charge is 0.224 e. The third-order valence-corrected chi connectivity index (χ3v) is 3.26. The molecule has 3 aromatic rings. The molecule has 2 N–H and O–H groups in total. The van der Waals surface area contributed by atoms with Gasteiger partial charge in [0.25, 0.3) is 0 Å². The molecule has 0 aliphatic rings. The average Bonchev–Trinajstić information content (AvgIpc) is 2.91. The fourth-order valence-corrected chi connectivity index (χ4v) is 2.21. The number of hydrogen-bond donors (Lipinski definition) is 2. The Kier molecular flexibility index (Phi) is 3.86. The van der Waals surface area contributed by atoms with Crippen LogP contribution in [0.1, 0.15) is 26.8 Å². The fraction of sp³-hybridized carbons (Fsp3) is 0.333. The van der Waals surface area contributed by atoms with Gasteiger partial charge >= 0.3 is 0 Å². The Morgan fingerprint density at radius 2 is 2.05 bits per heavy atom. The number of fused-ring (bicyclic) bond motifs is 1. The number of rotatable bonds is 5. The van der Waals surface area contributed by atoms with E-state index in [9.17, 15) is 0 Å². The molecule has 3 aromatic heterocycles. The van der Waals surface area contributed by atoms with Crippen LogP contribution in [0.15, 0.2) is 30.9 Å². The molecule has 0 aliphatic carbocycles. The summed E-state index contributed by atoms with van der Waals surface area (Å²) in [5, 5.41) is 6.29. The van der Waals surface area contributed by atoms with Crippen molar-refractivity contribution in [3.8, 4) is 0 Å². The number of anilines is 3. The van der Waals surface area contributed by atoms with E-state index in [4.69, 9.17) is 0 Å². The normalized spacial score (nSPS) is 11.1. The van der Waals surface area contributed by atoms with Crippen LogP contribution in [-0.4, -0.2) is 31.0 Å². The predicted molar refractivity (Wildman–Crippen MR) is 87.4 cm³/mol. The van der Waals surface area contributed by atoms with Gasteiger partial charge in [0.2, 0.25) is 5.95 Å². The molecule has 0 bridgehead atoms. The number of imidazole rings is 1. The Balaban J connectivity index is 1.90. The van der Waals surface area contributed by atoms with Crippen LogP contribution >= 0.6 is 0 Å². The molecule has 0 aliphatic heterocycles. The number of nitrogens with zero attached hydrogens (tertiary/aromatic N) is 5. The van der Waals surface area contributed by atoms with Crippen molar-refractivity contribution >= 4 is 28.6 Å². The molecule has 0 unspecified atom stereocenters. The highest BCUT2D eigenvalue weighted by Crippen LogP contribution is 2.21. The van der Waals surface area contributed by atoms with Crippen molar-refractivity contribution in [1.82, 2.24) is 24.5 Å². The van der Waals surface area contributed by atoms with Crippen LogP contribution in [-0.2, 0) is 0 Å². The maximum Gasteiger partial charge on any atom is 0.224 e. The molecule has 0 amide bonds. The molecule has 114 valence electrons. The zero-order chi connectivity index (χ0) is 15.5. The van der Waals surface area contributed by atoms with Crippen LogP contribution in [0.3, 0.4) is 0 Å². The molecule has 0 saturated heterocycles. The molecule has 3 heterocycles. The van der Waals surface area contributed by atoms with Crippen LogP contribution in [0.25, 0.3) is 11.0 Å². The molecule has 0 saturated carbocycles. The predicted octanol–water partition coefficient (Wildman–Crippen LogP) is 2.98. The Labute approximate surface area is 128 Å². The summed E-state index contributed by atoms with van der Waals surface area (Å²) in [6.45, 7) is 7.04. The molecule has 3 rings (SSSR count). The van der Waals surface area contributed by atoms with Crippen molar-refractivity contribution in [1.29, 1.82) is 0 Å². The first-order chi connectivity index (χ1) is 10.7. The van der Waals surface area contributed by atoms with E-state index in [0.717, 1.165) is 23.4 Å². The highest BCUT2D eigenvalue weighted by molar-refractivity contribution is 5.78. The van der Waals surface area contributed by atoms with Crippen molar-refractivity contribution in [3.05, 3.63) is 30.9 Å². The molecular formula is C15H19N7. The lowest BCUT2D eigenvalue weighted by molar-refractivity contribution is 0.617. The van der Waals surface area contributed by atoms with Crippen LogP contribution in [0.2, 0.25) is 0 Å². The van der Waals surface area contributed by atoms with Crippen LogP contribution in [0, 0.1) is 0 Å². The maximum atomic E-state index is 4.39. The summed E-state index contributed by atoms with van der Waals surface area (Å²) in [5.74, 6) is 2.03. The first kappa shape index (κ1) is 14.2. The molecule has 22 heavy (non-hydrogen) atoms. The summed E-state index contributed by atoms with van der Waals surface area (Å²) in [4.78, 5) is 17.3. The maximum absolute atomic E-state index is 4.39. The van der Waals surface area contributed by atoms with Gasteiger partial charge in [0.1, 0.15) is 17.2 Å². The third kappa shape index (κ3) is 2.83. The van der Waals surface area contributed by atoms with Gasteiger partial charge < -0.3 is 15.2 Å². The number of hydrogen-bond acceptors (Lipinski definition) is 6. The van der Waals surface area contributed by atoms with E-state index in [2.05, 4.69) is 49.0 Å². The van der Waals surface area contributed by atoms with Crippen LogP contribution < -0.4 is 10.6 Å². The van der Waals surface area contributed by atoms with Gasteiger partial charge in [-0.25, -0.2) is 15.0 Å². The van der Waals surface area contributed by atoms with E-state index >= 15 is 0 Å². The van der Waals surface area contributed by atoms with E-state index in [1.54, 1.807) is 12.4 Å². The second-order valence-electron chi connectivity index (χ2n) is 5.22. The highest BCUT2D eigenvalue weighted by Gasteiger charge is 2.08. The summed E-state index contributed by atoms with van der Waals surface area (Å²) in [6.07, 6.45) is 5.32. The van der Waals surface area contributed by atoms with Crippen molar-refractivity contribution in [2.45, 2.75) is 26.8 Å². The van der Waals surface area contributed by atoms with Gasteiger partial charge in [0.15, 0.2) is 0 Å². The van der Waals surface area contributed by atoms with Crippen molar-refractivity contribution < 1.29 is 0 Å². The van der Waals surface area contributed by atoms with Crippen LogP contribution in [0.5, 0.6) is 0 Å². The molecule has 0 spiro atoms. The topological polar surface area (TPSA) is 80.5 Å². The van der Waals surface area contributed by atoms with Gasteiger partial charge in [-0.2, -0.15) is 4.98 Å². The van der Waals surface area contributed by atoms with Gasteiger partial charge in [0, 0.05) is 24.8 Å². The molecule has 0 atom stereocenters. The second-order valence-corrected chi connectivity index (χ2v) is 5.22. The summed E-state index contributed by atoms with van der Waals surface area (Å²) in [6, 6.07) is 4.14. The number of aromatic nitrogens is 5. The minimum Gasteiger partial charge on any atom is -0.354 e. The fourth-order valence-electron chi connectivity index (χ4n) is 2.21. The Hall–Kier alpha value is -2.70. The Bertz CT molecular complexity index is 778. The van der Waals surface area contributed by atoms with Gasteiger partial charge in [-0.15, -0.1) is 0 Å². The largest absolute Gasteiger partial charge is 0.354 e. The summed E-state index contributed by atoms with van der Waals surface area (Å²) >= 11 is 0. The van der Waals surface area contributed by atoms with Gasteiger partial charge in [-0.1, -0.05) is 0 Å². The molecule has 0 aromatic carbocycles. The zero-order valence-electron chi connectivity index (χ0n) is 12.9. The van der Waals surface area contributed by atoms with Crippen molar-refractivity contribution in [2.24, 2.45) is 0 Å². The summed E-state index contributed by atoms with van der Waals surface area (Å²) in [5.41, 5.74) is 1.93. The minimum absolute atomic E-state index is 0.347. The Morgan fingerprint density at radius 3 is 2.82 bits per heavy atom. The van der Waals surface area contributed by atoms with Crippen molar-refractivity contribution in [2.75, 3.05) is 17.2 Å². The van der Waals surface area contributed by atoms with E-state index in [-0.39, 0.29) is 0 Å². The minimum atomic E-state index is 0.347. The zero-order valence-corrected chi connectivity index (χ0v) is 12.9. The van der Waals surface area contributed by atoms with E-state index < -0.39 is 0 Å². The van der Waals surface area contributed by atoms with Gasteiger partial charge in [-0.05, 0) is 26.8 Å². The lowest BCUT2D eigenvalue weighted by Gasteiger charge is -2.10. The second kappa shape index (κ2) is 5.97. The molecular weight excluding hydrogens is 278 g/mol. The first-order valence-corrected chi connectivity index (χ1v) is 7.34. The first-order valence-electron chi connectivity index (χ1n) is 7.34. The molecule has 7 heteroatoms. The lowest BCUT2D eigenvalue weighted by Crippen LogP contribution is -2.04. The van der Waals surface area contributed by atoms with Crippen molar-refractivity contribution in [3.63, 3.8) is 0 Å². The third-order valence-electron chi connectivity index (χ3n) is 3.26. The quantitative estimate of drug-likeness (QED) is 0.753. The van der Waals surface area contributed by atoms with E-state index in [1.165, 1.54) is 0 Å². The molecule has 7 nitrogen and oxygen atoms in total. The highest BCUT2D eigenvalue weighted by atomic mass is 15.2. The SMILES string of the molecule is CCNc1nccc(Nc2cc3c(cn2)ncn3C(C)C)n1. The molecule has 0 radical (unpaired) electrons. The summed E-state index contributed by atoms with van der Waals surface area (Å²) in [7, 11) is 0. The van der Waals surface area contributed by atoms with Gasteiger partial charge in [0.05, 0.1) is 18.0 Å². The van der Waals surface area contributed by atoms with Crippen LogP contribution in [0.4, 0.5) is 17.6 Å². The van der Waals surface area contributed by atoms with E-state index in [1.807, 2.05) is 25.4 Å². The summed E-state index contributed by atoms with van der Waals surface area (Å²) < 4.78 is 2.12. The molecule has 0 fully saturated rings.